The summed E-state index contributed by atoms with van der Waals surface area (Å²) >= 11 is 0. The second-order valence-electron chi connectivity index (χ2n) is 5.73. The molecule has 2 aliphatic carbocycles. The second-order valence-corrected chi connectivity index (χ2v) is 5.73. The highest BCUT2D eigenvalue weighted by atomic mass is 16.5. The zero-order chi connectivity index (χ0) is 11.9. The summed E-state index contributed by atoms with van der Waals surface area (Å²) in [6.07, 6.45) is 13.5. The standard InChI is InChI=1S/C14H18O3/c15-12(16)14(5-1-2-8-17-14)10-13-6-3-11(9-13)4-7-13/h2-3,6,8,11H,1,4-5,7,9-10H2,(H,15,16). The van der Waals surface area contributed by atoms with E-state index in [-0.39, 0.29) is 5.41 Å². The third-order valence-corrected chi connectivity index (χ3v) is 4.54. The van der Waals surface area contributed by atoms with Crippen molar-refractivity contribution < 1.29 is 14.6 Å². The number of carbonyl (C=O) groups is 1. The normalized spacial score (nSPS) is 42.7. The summed E-state index contributed by atoms with van der Waals surface area (Å²) in [5.41, 5.74) is -0.896. The topological polar surface area (TPSA) is 46.5 Å². The predicted molar refractivity (Wildman–Crippen MR) is 63.4 cm³/mol. The average molecular weight is 234 g/mol. The van der Waals surface area contributed by atoms with Crippen LogP contribution in [0.2, 0.25) is 0 Å². The lowest BCUT2D eigenvalue weighted by atomic mass is 9.74. The van der Waals surface area contributed by atoms with Crippen LogP contribution >= 0.6 is 0 Å². The van der Waals surface area contributed by atoms with Gasteiger partial charge in [0.2, 0.25) is 5.60 Å². The van der Waals surface area contributed by atoms with Gasteiger partial charge in [0.05, 0.1) is 6.26 Å². The highest BCUT2D eigenvalue weighted by Gasteiger charge is 2.51. The van der Waals surface area contributed by atoms with Gasteiger partial charge < -0.3 is 9.84 Å². The van der Waals surface area contributed by atoms with Gasteiger partial charge in [-0.15, -0.1) is 0 Å². The summed E-state index contributed by atoms with van der Waals surface area (Å²) in [6.45, 7) is 0. The number of allylic oxidation sites excluding steroid dienone is 3. The Morgan fingerprint density at radius 2 is 2.35 bits per heavy atom. The molecule has 1 saturated carbocycles. The highest BCUT2D eigenvalue weighted by Crippen LogP contribution is 2.54. The second kappa shape index (κ2) is 3.62. The van der Waals surface area contributed by atoms with Gasteiger partial charge in [-0.2, -0.15) is 0 Å². The zero-order valence-electron chi connectivity index (χ0n) is 9.89. The van der Waals surface area contributed by atoms with E-state index in [9.17, 15) is 9.90 Å². The molecular formula is C14H18O3. The van der Waals surface area contributed by atoms with Gasteiger partial charge in [-0.1, -0.05) is 12.2 Å². The molecule has 1 heterocycles. The molecule has 17 heavy (non-hydrogen) atoms. The number of rotatable bonds is 3. The van der Waals surface area contributed by atoms with Crippen LogP contribution in [-0.2, 0) is 9.53 Å². The Labute approximate surface area is 101 Å². The van der Waals surface area contributed by atoms with Crippen molar-refractivity contribution >= 4 is 5.97 Å². The molecule has 0 amide bonds. The minimum atomic E-state index is -0.988. The van der Waals surface area contributed by atoms with Gasteiger partial charge in [0.25, 0.3) is 0 Å². The van der Waals surface area contributed by atoms with Crippen LogP contribution in [-0.4, -0.2) is 16.7 Å². The van der Waals surface area contributed by atoms with Crippen LogP contribution in [0.3, 0.4) is 0 Å². The first-order valence-corrected chi connectivity index (χ1v) is 6.40. The van der Waals surface area contributed by atoms with Crippen LogP contribution in [0.15, 0.2) is 24.5 Å². The summed E-state index contributed by atoms with van der Waals surface area (Å²) < 4.78 is 5.52. The fourth-order valence-corrected chi connectivity index (χ4v) is 3.63. The Kier molecular flexibility index (Phi) is 2.32. The van der Waals surface area contributed by atoms with E-state index in [0.29, 0.717) is 18.8 Å². The van der Waals surface area contributed by atoms with Crippen LogP contribution in [0, 0.1) is 11.3 Å². The lowest BCUT2D eigenvalue weighted by Gasteiger charge is -2.37. The maximum absolute atomic E-state index is 11.6. The molecular weight excluding hydrogens is 216 g/mol. The van der Waals surface area contributed by atoms with Crippen LogP contribution in [0.5, 0.6) is 0 Å². The molecule has 0 radical (unpaired) electrons. The number of ether oxygens (including phenoxy) is 1. The van der Waals surface area contributed by atoms with Crippen molar-refractivity contribution in [3.05, 3.63) is 24.5 Å². The Bertz CT molecular complexity index is 398. The Hall–Kier alpha value is -1.25. The Morgan fingerprint density at radius 3 is 2.82 bits per heavy atom. The van der Waals surface area contributed by atoms with E-state index in [2.05, 4.69) is 12.2 Å². The van der Waals surface area contributed by atoms with Gasteiger partial charge in [0.15, 0.2) is 0 Å². The van der Waals surface area contributed by atoms with Gasteiger partial charge in [-0.05, 0) is 43.1 Å². The van der Waals surface area contributed by atoms with E-state index in [1.807, 2.05) is 6.08 Å². The first-order valence-electron chi connectivity index (χ1n) is 6.40. The Balaban J connectivity index is 1.84. The smallest absolute Gasteiger partial charge is 0.348 e. The van der Waals surface area contributed by atoms with E-state index in [0.717, 1.165) is 19.3 Å². The third-order valence-electron chi connectivity index (χ3n) is 4.54. The van der Waals surface area contributed by atoms with Crippen LogP contribution in [0.1, 0.15) is 38.5 Å². The number of carboxylic acid groups (broad SMARTS) is 1. The molecule has 1 N–H and O–H groups in total. The van der Waals surface area contributed by atoms with E-state index in [4.69, 9.17) is 4.74 Å². The summed E-state index contributed by atoms with van der Waals surface area (Å²) in [5.74, 6) is -0.125. The van der Waals surface area contributed by atoms with Crippen LogP contribution < -0.4 is 0 Å². The Morgan fingerprint density at radius 1 is 1.47 bits per heavy atom. The maximum atomic E-state index is 11.6. The molecule has 3 heteroatoms. The zero-order valence-corrected chi connectivity index (χ0v) is 9.89. The molecule has 3 rings (SSSR count). The molecule has 2 bridgehead atoms. The molecule has 3 aliphatic rings. The van der Waals surface area contributed by atoms with Crippen LogP contribution in [0.25, 0.3) is 0 Å². The maximum Gasteiger partial charge on any atom is 0.348 e. The number of carboxylic acids is 1. The lowest BCUT2D eigenvalue weighted by Crippen LogP contribution is -2.45. The van der Waals surface area contributed by atoms with Crippen molar-refractivity contribution in [2.24, 2.45) is 11.3 Å². The molecule has 0 aromatic rings. The number of aliphatic carboxylic acids is 1. The molecule has 92 valence electrons. The lowest BCUT2D eigenvalue weighted by molar-refractivity contribution is -0.164. The summed E-state index contributed by atoms with van der Waals surface area (Å²) in [7, 11) is 0. The molecule has 3 atom stereocenters. The monoisotopic (exact) mass is 234 g/mol. The van der Waals surface area contributed by atoms with Crippen molar-refractivity contribution in [1.82, 2.24) is 0 Å². The summed E-state index contributed by atoms with van der Waals surface area (Å²) in [5, 5.41) is 9.49. The largest absolute Gasteiger partial charge is 0.483 e. The third kappa shape index (κ3) is 1.68. The summed E-state index contributed by atoms with van der Waals surface area (Å²) in [6, 6.07) is 0. The molecule has 0 saturated heterocycles. The fourth-order valence-electron chi connectivity index (χ4n) is 3.63. The minimum absolute atomic E-state index is 0.0915. The van der Waals surface area contributed by atoms with E-state index >= 15 is 0 Å². The van der Waals surface area contributed by atoms with Crippen LogP contribution in [0.4, 0.5) is 0 Å². The van der Waals surface area contributed by atoms with Crippen molar-refractivity contribution in [3.8, 4) is 0 Å². The van der Waals surface area contributed by atoms with Gasteiger partial charge >= 0.3 is 5.97 Å². The number of fused-ring (bicyclic) bond motifs is 2. The van der Waals surface area contributed by atoms with Crippen molar-refractivity contribution in [1.29, 1.82) is 0 Å². The van der Waals surface area contributed by atoms with E-state index in [1.54, 1.807) is 6.26 Å². The highest BCUT2D eigenvalue weighted by molar-refractivity contribution is 5.78. The first kappa shape index (κ1) is 10.9. The summed E-state index contributed by atoms with van der Waals surface area (Å²) in [4.78, 5) is 11.6. The molecule has 0 spiro atoms. The molecule has 3 unspecified atom stereocenters. The molecule has 1 fully saturated rings. The van der Waals surface area contributed by atoms with Crippen molar-refractivity contribution in [2.45, 2.75) is 44.1 Å². The number of hydrogen-bond donors (Lipinski definition) is 1. The first-order chi connectivity index (χ1) is 8.14. The van der Waals surface area contributed by atoms with Gasteiger partial charge in [-0.3, -0.25) is 0 Å². The SMILES string of the molecule is O=C(O)C1(CC23C=CC(CC2)C3)CCC=CO1. The molecule has 0 aromatic heterocycles. The van der Waals surface area contributed by atoms with Crippen molar-refractivity contribution in [3.63, 3.8) is 0 Å². The van der Waals surface area contributed by atoms with Gasteiger partial charge in [0, 0.05) is 12.8 Å². The molecule has 1 aliphatic heterocycles. The molecule has 3 nitrogen and oxygen atoms in total. The number of hydrogen-bond acceptors (Lipinski definition) is 2. The predicted octanol–water partition coefficient (Wildman–Crippen LogP) is 2.88. The van der Waals surface area contributed by atoms with E-state index in [1.165, 1.54) is 6.42 Å². The fraction of sp³-hybridized carbons (Fsp3) is 0.643. The van der Waals surface area contributed by atoms with E-state index < -0.39 is 11.6 Å². The van der Waals surface area contributed by atoms with Gasteiger partial charge in [0.1, 0.15) is 0 Å². The quantitative estimate of drug-likeness (QED) is 0.764. The molecule has 0 aromatic carbocycles. The minimum Gasteiger partial charge on any atom is -0.483 e. The average Bonchev–Trinajstić information content (AvgIpc) is 2.89. The van der Waals surface area contributed by atoms with Crippen molar-refractivity contribution in [2.75, 3.05) is 0 Å². The van der Waals surface area contributed by atoms with Gasteiger partial charge in [-0.25, -0.2) is 4.79 Å².